The van der Waals surface area contributed by atoms with E-state index in [9.17, 15) is 0 Å². The summed E-state index contributed by atoms with van der Waals surface area (Å²) in [5.41, 5.74) is 8.19. The molecule has 1 aliphatic rings. The van der Waals surface area contributed by atoms with Crippen molar-refractivity contribution in [1.82, 2.24) is 0 Å². The number of nitrogens with two attached hydrogens (primary N) is 1. The van der Waals surface area contributed by atoms with Crippen LogP contribution >= 0.6 is 23.4 Å². The molecule has 0 amide bonds. The molecule has 2 aromatic rings. The Morgan fingerprint density at radius 3 is 2.61 bits per heavy atom. The molecular formula is C15H14ClNS. The molecule has 1 saturated carbocycles. The number of anilines is 1. The van der Waals surface area contributed by atoms with E-state index in [-0.39, 0.29) is 0 Å². The van der Waals surface area contributed by atoms with Crippen LogP contribution in [0.25, 0.3) is 0 Å². The van der Waals surface area contributed by atoms with Gasteiger partial charge in [-0.3, -0.25) is 0 Å². The Hall–Kier alpha value is -1.12. The molecular weight excluding hydrogens is 262 g/mol. The zero-order chi connectivity index (χ0) is 12.5. The van der Waals surface area contributed by atoms with Gasteiger partial charge < -0.3 is 5.73 Å². The highest BCUT2D eigenvalue weighted by Gasteiger charge is 2.39. The van der Waals surface area contributed by atoms with Crippen LogP contribution in [-0.4, -0.2) is 5.25 Å². The lowest BCUT2D eigenvalue weighted by molar-refractivity contribution is 1.13. The van der Waals surface area contributed by atoms with Crippen LogP contribution in [0, 0.1) is 0 Å². The summed E-state index contributed by atoms with van der Waals surface area (Å²) in [5, 5.41) is 1.35. The molecule has 3 heteroatoms. The van der Waals surface area contributed by atoms with E-state index in [0.29, 0.717) is 16.2 Å². The largest absolute Gasteiger partial charge is 0.398 e. The highest BCUT2D eigenvalue weighted by atomic mass is 35.5. The third-order valence-corrected chi connectivity index (χ3v) is 4.89. The van der Waals surface area contributed by atoms with Gasteiger partial charge in [-0.05, 0) is 36.1 Å². The lowest BCUT2D eigenvalue weighted by atomic mass is 10.1. The van der Waals surface area contributed by atoms with Gasteiger partial charge in [0.15, 0.2) is 0 Å². The van der Waals surface area contributed by atoms with Crippen molar-refractivity contribution in [2.45, 2.75) is 22.5 Å². The molecule has 2 aromatic carbocycles. The first kappa shape index (κ1) is 11.9. The summed E-state index contributed by atoms with van der Waals surface area (Å²) in [7, 11) is 0. The van der Waals surface area contributed by atoms with Crippen molar-refractivity contribution in [3.05, 3.63) is 59.1 Å². The van der Waals surface area contributed by atoms with Gasteiger partial charge in [0.05, 0.1) is 0 Å². The smallest absolute Gasteiger partial charge is 0.0467 e. The van der Waals surface area contributed by atoms with Crippen molar-refractivity contribution < 1.29 is 0 Å². The van der Waals surface area contributed by atoms with Crippen molar-refractivity contribution in [2.24, 2.45) is 0 Å². The molecule has 2 N–H and O–H groups in total. The molecule has 0 radical (unpaired) electrons. The number of hydrogen-bond acceptors (Lipinski definition) is 2. The summed E-state index contributed by atoms with van der Waals surface area (Å²) in [6.45, 7) is 0. The highest BCUT2D eigenvalue weighted by Crippen LogP contribution is 2.52. The zero-order valence-corrected chi connectivity index (χ0v) is 11.4. The van der Waals surface area contributed by atoms with Crippen LogP contribution in [0.15, 0.2) is 53.4 Å². The predicted molar refractivity (Wildman–Crippen MR) is 79.3 cm³/mol. The quantitative estimate of drug-likeness (QED) is 0.831. The number of hydrogen-bond donors (Lipinski definition) is 1. The Bertz CT molecular complexity index is 556. The molecule has 0 aliphatic heterocycles. The molecule has 3 rings (SSSR count). The van der Waals surface area contributed by atoms with Gasteiger partial charge in [0, 0.05) is 20.9 Å². The summed E-state index contributed by atoms with van der Waals surface area (Å²) in [6.07, 6.45) is 1.23. The van der Waals surface area contributed by atoms with E-state index in [4.69, 9.17) is 17.3 Å². The number of benzene rings is 2. The van der Waals surface area contributed by atoms with Crippen molar-refractivity contribution in [3.8, 4) is 0 Å². The zero-order valence-electron chi connectivity index (χ0n) is 9.84. The molecule has 1 fully saturated rings. The maximum absolute atomic E-state index is 5.98. The molecule has 0 bridgehead atoms. The molecule has 1 nitrogen and oxygen atoms in total. The van der Waals surface area contributed by atoms with Gasteiger partial charge in [-0.25, -0.2) is 0 Å². The Balaban J connectivity index is 1.69. The van der Waals surface area contributed by atoms with Crippen LogP contribution in [0.4, 0.5) is 5.69 Å². The van der Waals surface area contributed by atoms with E-state index in [1.54, 1.807) is 0 Å². The average Bonchev–Trinajstić information content (AvgIpc) is 3.13. The molecule has 0 heterocycles. The molecule has 0 saturated heterocycles. The first-order valence-electron chi connectivity index (χ1n) is 6.00. The van der Waals surface area contributed by atoms with Crippen molar-refractivity contribution >= 4 is 29.1 Å². The number of thioether (sulfide) groups is 1. The second kappa shape index (κ2) is 4.87. The summed E-state index contributed by atoms with van der Waals surface area (Å²) in [5.74, 6) is 0.672. The summed E-state index contributed by atoms with van der Waals surface area (Å²) in [6, 6.07) is 16.4. The van der Waals surface area contributed by atoms with Crippen LogP contribution in [0.3, 0.4) is 0 Å². The Morgan fingerprint density at radius 1 is 1.11 bits per heavy atom. The fourth-order valence-corrected chi connectivity index (χ4v) is 3.62. The van der Waals surface area contributed by atoms with E-state index in [1.807, 2.05) is 30.0 Å². The van der Waals surface area contributed by atoms with Crippen LogP contribution < -0.4 is 5.73 Å². The Labute approximate surface area is 116 Å². The van der Waals surface area contributed by atoms with Gasteiger partial charge in [-0.15, -0.1) is 11.8 Å². The van der Waals surface area contributed by atoms with Crippen molar-refractivity contribution in [3.63, 3.8) is 0 Å². The van der Waals surface area contributed by atoms with E-state index < -0.39 is 0 Å². The van der Waals surface area contributed by atoms with E-state index in [0.717, 1.165) is 10.6 Å². The maximum Gasteiger partial charge on any atom is 0.0467 e. The lowest BCUT2D eigenvalue weighted by Crippen LogP contribution is -1.90. The Morgan fingerprint density at radius 2 is 1.89 bits per heavy atom. The SMILES string of the molecule is Nc1cc(Cl)ccc1SC1CC1c1ccccc1. The predicted octanol–water partition coefficient (Wildman–Crippen LogP) is 4.57. The lowest BCUT2D eigenvalue weighted by Gasteiger charge is -2.05. The Kier molecular flexibility index (Phi) is 3.23. The maximum atomic E-state index is 5.98. The van der Waals surface area contributed by atoms with Gasteiger partial charge in [0.25, 0.3) is 0 Å². The third-order valence-electron chi connectivity index (χ3n) is 3.21. The minimum Gasteiger partial charge on any atom is -0.398 e. The highest BCUT2D eigenvalue weighted by molar-refractivity contribution is 8.00. The number of rotatable bonds is 3. The second-order valence-corrected chi connectivity index (χ2v) is 6.31. The van der Waals surface area contributed by atoms with E-state index in [1.165, 1.54) is 12.0 Å². The van der Waals surface area contributed by atoms with Gasteiger partial charge >= 0.3 is 0 Å². The van der Waals surface area contributed by atoms with Crippen LogP contribution in [0.1, 0.15) is 17.9 Å². The minimum atomic E-state index is 0.649. The van der Waals surface area contributed by atoms with Crippen molar-refractivity contribution in [2.75, 3.05) is 5.73 Å². The summed E-state index contributed by atoms with van der Waals surface area (Å²) >= 11 is 7.77. The van der Waals surface area contributed by atoms with Gasteiger partial charge in [0.1, 0.15) is 0 Å². The molecule has 2 unspecified atom stereocenters. The number of nitrogen functional groups attached to an aromatic ring is 1. The molecule has 0 spiro atoms. The summed E-state index contributed by atoms with van der Waals surface area (Å²) in [4.78, 5) is 1.14. The van der Waals surface area contributed by atoms with Crippen LogP contribution in [-0.2, 0) is 0 Å². The van der Waals surface area contributed by atoms with Crippen LogP contribution in [0.5, 0.6) is 0 Å². The molecule has 0 aromatic heterocycles. The first-order valence-corrected chi connectivity index (χ1v) is 7.26. The fourth-order valence-electron chi connectivity index (χ4n) is 2.14. The van der Waals surface area contributed by atoms with Gasteiger partial charge in [-0.1, -0.05) is 41.9 Å². The number of halogens is 1. The molecule has 1 aliphatic carbocycles. The molecule has 2 atom stereocenters. The van der Waals surface area contributed by atoms with Gasteiger partial charge in [0.2, 0.25) is 0 Å². The van der Waals surface area contributed by atoms with Crippen molar-refractivity contribution in [1.29, 1.82) is 0 Å². The first-order chi connectivity index (χ1) is 8.74. The van der Waals surface area contributed by atoms with E-state index >= 15 is 0 Å². The third kappa shape index (κ3) is 2.50. The van der Waals surface area contributed by atoms with Crippen LogP contribution in [0.2, 0.25) is 5.02 Å². The monoisotopic (exact) mass is 275 g/mol. The minimum absolute atomic E-state index is 0.649. The van der Waals surface area contributed by atoms with Gasteiger partial charge in [-0.2, -0.15) is 0 Å². The standard InChI is InChI=1S/C15H14ClNS/c16-11-6-7-14(13(17)8-11)18-15-9-12(15)10-4-2-1-3-5-10/h1-8,12,15H,9,17H2. The fraction of sp³-hybridized carbons (Fsp3) is 0.200. The van der Waals surface area contributed by atoms with E-state index in [2.05, 4.69) is 30.3 Å². The summed E-state index contributed by atoms with van der Waals surface area (Å²) < 4.78 is 0. The normalized spacial score (nSPS) is 21.8. The molecule has 92 valence electrons. The molecule has 18 heavy (non-hydrogen) atoms. The second-order valence-electron chi connectivity index (χ2n) is 4.59. The topological polar surface area (TPSA) is 26.0 Å². The average molecular weight is 276 g/mol.